The van der Waals surface area contributed by atoms with Crippen LogP contribution in [-0.2, 0) is 19.1 Å². The molecule has 9 heteroatoms. The molecule has 0 atom stereocenters. The van der Waals surface area contributed by atoms with Gasteiger partial charge < -0.3 is 25.0 Å². The third-order valence-electron chi connectivity index (χ3n) is 6.95. The van der Waals surface area contributed by atoms with E-state index in [1.54, 1.807) is 37.1 Å². The summed E-state index contributed by atoms with van der Waals surface area (Å²) >= 11 is 0. The molecule has 40 heavy (non-hydrogen) atoms. The van der Waals surface area contributed by atoms with E-state index >= 15 is 0 Å². The Morgan fingerprint density at radius 3 is 2.42 bits per heavy atom. The monoisotopic (exact) mass is 540 g/mol. The van der Waals surface area contributed by atoms with Crippen LogP contribution in [0.4, 0.5) is 17.1 Å². The number of esters is 1. The molecule has 2 N–H and O–H groups in total. The molecule has 0 unspecified atom stereocenters. The number of fused-ring (bicyclic) bond motifs is 1. The molecule has 2 aliphatic heterocycles. The van der Waals surface area contributed by atoms with Crippen molar-refractivity contribution in [3.63, 3.8) is 0 Å². The SMILES string of the molecule is CCOC(=O)c1ccc2c(c1)NC(=O)/C2=C(\Nc1ccc(N(C)C(=O)CN2CCOCC2)cc1)c1ccccc1. The predicted octanol–water partition coefficient (Wildman–Crippen LogP) is 4.09. The van der Waals surface area contributed by atoms with Gasteiger partial charge in [0.2, 0.25) is 5.91 Å². The maximum atomic E-state index is 13.2. The number of amides is 2. The molecule has 206 valence electrons. The van der Waals surface area contributed by atoms with Crippen LogP contribution in [0.2, 0.25) is 0 Å². The molecule has 2 heterocycles. The molecular formula is C31H32N4O5. The zero-order chi connectivity index (χ0) is 28.1. The average Bonchev–Trinajstić information content (AvgIpc) is 3.31. The van der Waals surface area contributed by atoms with Crippen LogP contribution in [0.3, 0.4) is 0 Å². The first kappa shape index (κ1) is 27.1. The van der Waals surface area contributed by atoms with Crippen LogP contribution in [-0.4, -0.2) is 69.2 Å². The lowest BCUT2D eigenvalue weighted by molar-refractivity contribution is -0.120. The second kappa shape index (κ2) is 12.1. The fraction of sp³-hybridized carbons (Fsp3) is 0.258. The van der Waals surface area contributed by atoms with Crippen molar-refractivity contribution in [2.75, 3.05) is 62.0 Å². The Morgan fingerprint density at radius 1 is 1.00 bits per heavy atom. The van der Waals surface area contributed by atoms with E-state index in [1.807, 2.05) is 54.6 Å². The Morgan fingerprint density at radius 2 is 1.73 bits per heavy atom. The third kappa shape index (κ3) is 5.90. The number of anilines is 3. The number of hydrogen-bond acceptors (Lipinski definition) is 7. The van der Waals surface area contributed by atoms with Crippen LogP contribution in [0.15, 0.2) is 72.8 Å². The smallest absolute Gasteiger partial charge is 0.338 e. The number of benzene rings is 3. The van der Waals surface area contributed by atoms with Crippen molar-refractivity contribution in [3.8, 4) is 0 Å². The molecule has 0 spiro atoms. The minimum absolute atomic E-state index is 0.0103. The highest BCUT2D eigenvalue weighted by atomic mass is 16.5. The van der Waals surface area contributed by atoms with Gasteiger partial charge in [-0.05, 0) is 48.9 Å². The summed E-state index contributed by atoms with van der Waals surface area (Å²) in [4.78, 5) is 42.1. The van der Waals surface area contributed by atoms with Gasteiger partial charge in [0.1, 0.15) is 0 Å². The van der Waals surface area contributed by atoms with Crippen molar-refractivity contribution < 1.29 is 23.9 Å². The maximum absolute atomic E-state index is 13.2. The Labute approximate surface area is 233 Å². The molecule has 9 nitrogen and oxygen atoms in total. The largest absolute Gasteiger partial charge is 0.462 e. The normalized spacial score (nSPS) is 16.1. The fourth-order valence-corrected chi connectivity index (χ4v) is 4.76. The summed E-state index contributed by atoms with van der Waals surface area (Å²) in [5.41, 5.74) is 5.08. The van der Waals surface area contributed by atoms with Crippen LogP contribution in [0.25, 0.3) is 11.3 Å². The van der Waals surface area contributed by atoms with Gasteiger partial charge in [0.05, 0.1) is 48.9 Å². The summed E-state index contributed by atoms with van der Waals surface area (Å²) in [6, 6.07) is 22.2. The number of nitrogens with one attached hydrogen (secondary N) is 2. The summed E-state index contributed by atoms with van der Waals surface area (Å²) < 4.78 is 10.5. The quantitative estimate of drug-likeness (QED) is 0.328. The highest BCUT2D eigenvalue weighted by Gasteiger charge is 2.29. The van der Waals surface area contributed by atoms with Gasteiger partial charge >= 0.3 is 5.97 Å². The Hall–Kier alpha value is -4.47. The van der Waals surface area contributed by atoms with Gasteiger partial charge in [0, 0.05) is 37.1 Å². The minimum Gasteiger partial charge on any atom is -0.462 e. The molecule has 0 bridgehead atoms. The van der Waals surface area contributed by atoms with Gasteiger partial charge in [-0.25, -0.2) is 4.79 Å². The molecule has 1 fully saturated rings. The van der Waals surface area contributed by atoms with E-state index in [9.17, 15) is 14.4 Å². The maximum Gasteiger partial charge on any atom is 0.338 e. The van der Waals surface area contributed by atoms with Gasteiger partial charge in [-0.1, -0.05) is 36.4 Å². The molecule has 3 aromatic carbocycles. The van der Waals surface area contributed by atoms with Crippen molar-refractivity contribution in [1.82, 2.24) is 4.90 Å². The van der Waals surface area contributed by atoms with Gasteiger partial charge in [-0.15, -0.1) is 0 Å². The molecule has 0 aliphatic carbocycles. The number of likely N-dealkylation sites (N-methyl/N-ethyl adjacent to an activating group) is 1. The second-order valence-corrected chi connectivity index (χ2v) is 9.56. The van der Waals surface area contributed by atoms with E-state index < -0.39 is 5.97 Å². The summed E-state index contributed by atoms with van der Waals surface area (Å²) in [5, 5.41) is 6.32. The summed E-state index contributed by atoms with van der Waals surface area (Å²) in [6.07, 6.45) is 0. The van der Waals surface area contributed by atoms with Crippen LogP contribution in [0.5, 0.6) is 0 Å². The van der Waals surface area contributed by atoms with Crippen LogP contribution < -0.4 is 15.5 Å². The summed E-state index contributed by atoms with van der Waals surface area (Å²) in [7, 11) is 1.77. The molecular weight excluding hydrogens is 508 g/mol. The van der Waals surface area contributed by atoms with Gasteiger partial charge in [-0.3, -0.25) is 14.5 Å². The Bertz CT molecular complexity index is 1430. The Balaban J connectivity index is 1.41. The van der Waals surface area contributed by atoms with Gasteiger partial charge in [0.15, 0.2) is 0 Å². The number of carbonyl (C=O) groups excluding carboxylic acids is 3. The van der Waals surface area contributed by atoms with Crippen LogP contribution in [0.1, 0.15) is 28.4 Å². The number of ether oxygens (including phenoxy) is 2. The standard InChI is InChI=1S/C31H32N4O5/c1-3-40-31(38)22-9-14-25-26(19-22)33-30(37)28(25)29(21-7-5-4-6-8-21)32-23-10-12-24(13-11-23)34(2)27(36)20-35-15-17-39-18-16-35/h4-14,19,32H,3,15-18,20H2,1-2H3,(H,33,37)/b29-28-. The molecule has 0 radical (unpaired) electrons. The zero-order valence-electron chi connectivity index (χ0n) is 22.6. The molecule has 2 aliphatic rings. The molecule has 2 amide bonds. The zero-order valence-corrected chi connectivity index (χ0v) is 22.6. The van der Waals surface area contributed by atoms with Gasteiger partial charge in [-0.2, -0.15) is 0 Å². The molecule has 3 aromatic rings. The number of morpholine rings is 1. The van der Waals surface area contributed by atoms with E-state index in [0.717, 1.165) is 30.0 Å². The topological polar surface area (TPSA) is 100 Å². The van der Waals surface area contributed by atoms with E-state index in [2.05, 4.69) is 15.5 Å². The van der Waals surface area contributed by atoms with Crippen molar-refractivity contribution in [1.29, 1.82) is 0 Å². The molecule has 0 saturated carbocycles. The van der Waals surface area contributed by atoms with Crippen molar-refractivity contribution in [2.45, 2.75) is 6.92 Å². The van der Waals surface area contributed by atoms with E-state index in [4.69, 9.17) is 9.47 Å². The average molecular weight is 541 g/mol. The lowest BCUT2D eigenvalue weighted by Gasteiger charge is -2.28. The predicted molar refractivity (Wildman–Crippen MR) is 155 cm³/mol. The molecule has 5 rings (SSSR count). The highest BCUT2D eigenvalue weighted by molar-refractivity contribution is 6.37. The minimum atomic E-state index is -0.438. The van der Waals surface area contributed by atoms with Crippen molar-refractivity contribution >= 4 is 46.1 Å². The molecule has 1 saturated heterocycles. The third-order valence-corrected chi connectivity index (χ3v) is 6.95. The second-order valence-electron chi connectivity index (χ2n) is 9.56. The first-order valence-corrected chi connectivity index (χ1v) is 13.3. The first-order chi connectivity index (χ1) is 19.4. The number of nitrogens with zero attached hydrogens (tertiary/aromatic N) is 2. The summed E-state index contributed by atoms with van der Waals surface area (Å²) in [5.74, 6) is -0.699. The highest BCUT2D eigenvalue weighted by Crippen LogP contribution is 2.38. The number of rotatable bonds is 8. The van der Waals surface area contributed by atoms with E-state index in [0.29, 0.717) is 47.8 Å². The Kier molecular flexibility index (Phi) is 8.23. The van der Waals surface area contributed by atoms with Crippen LogP contribution >= 0.6 is 0 Å². The number of hydrogen-bond donors (Lipinski definition) is 2. The van der Waals surface area contributed by atoms with Crippen molar-refractivity contribution in [2.24, 2.45) is 0 Å². The lowest BCUT2D eigenvalue weighted by atomic mass is 9.99. The fourth-order valence-electron chi connectivity index (χ4n) is 4.76. The molecule has 0 aromatic heterocycles. The van der Waals surface area contributed by atoms with E-state index in [1.165, 1.54) is 0 Å². The number of carbonyl (C=O) groups is 3. The van der Waals surface area contributed by atoms with E-state index in [-0.39, 0.29) is 18.4 Å². The summed E-state index contributed by atoms with van der Waals surface area (Å²) in [6.45, 7) is 5.15. The first-order valence-electron chi connectivity index (χ1n) is 13.3. The van der Waals surface area contributed by atoms with Crippen LogP contribution in [0, 0.1) is 0 Å². The van der Waals surface area contributed by atoms with Crippen molar-refractivity contribution in [3.05, 3.63) is 89.5 Å². The van der Waals surface area contributed by atoms with Gasteiger partial charge in [0.25, 0.3) is 5.91 Å². The lowest BCUT2D eigenvalue weighted by Crippen LogP contribution is -2.43.